The maximum atomic E-state index is 15.8. The van der Waals surface area contributed by atoms with Gasteiger partial charge in [0.25, 0.3) is 0 Å². The van der Waals surface area contributed by atoms with E-state index in [1.807, 2.05) is 6.07 Å². The van der Waals surface area contributed by atoms with Crippen LogP contribution in [0.1, 0.15) is 0 Å². The van der Waals surface area contributed by atoms with Crippen molar-refractivity contribution in [2.24, 2.45) is 0 Å². The van der Waals surface area contributed by atoms with E-state index in [1.165, 1.54) is 53.9 Å². The molecule has 0 aliphatic heterocycles. The summed E-state index contributed by atoms with van der Waals surface area (Å²) >= 11 is 0. The molecular weight excluding hydrogens is 475 g/mol. The zero-order valence-corrected chi connectivity index (χ0v) is 21.0. The minimum atomic E-state index is -0.203. The normalized spacial score (nSPS) is 12.2. The van der Waals surface area contributed by atoms with Crippen molar-refractivity contribution in [1.29, 1.82) is 0 Å². The smallest absolute Gasteiger partial charge is 0.131 e. The molecule has 180 valence electrons. The first-order valence-electron chi connectivity index (χ1n) is 13.4. The van der Waals surface area contributed by atoms with Gasteiger partial charge in [0.1, 0.15) is 5.82 Å². The highest BCUT2D eigenvalue weighted by Crippen LogP contribution is 2.40. The van der Waals surface area contributed by atoms with Gasteiger partial charge in [-0.2, -0.15) is 0 Å². The van der Waals surface area contributed by atoms with Crippen molar-refractivity contribution in [3.05, 3.63) is 133 Å². The van der Waals surface area contributed by atoms with Gasteiger partial charge in [-0.25, -0.2) is 4.39 Å². The second-order valence-corrected chi connectivity index (χ2v) is 10.7. The Morgan fingerprint density at radius 1 is 0.308 bits per heavy atom. The molecule has 0 saturated carbocycles. The van der Waals surface area contributed by atoms with Gasteiger partial charge in [0, 0.05) is 5.56 Å². The molecule has 0 bridgehead atoms. The molecule has 9 aromatic rings. The predicted molar refractivity (Wildman–Crippen MR) is 165 cm³/mol. The van der Waals surface area contributed by atoms with Gasteiger partial charge in [-0.05, 0) is 112 Å². The van der Waals surface area contributed by atoms with Crippen LogP contribution < -0.4 is 0 Å². The van der Waals surface area contributed by atoms with E-state index < -0.39 is 0 Å². The van der Waals surface area contributed by atoms with Crippen LogP contribution in [0, 0.1) is 5.82 Å². The Balaban J connectivity index is 1.20. The standard InChI is InChI=1S/C38H21F/c39-34-21-26(31-17-27-11-7-22-3-1-4-23-8-12-28(18-31)37(27)35(22)23)15-16-33(34)32-19-29-13-9-24-5-2-6-25-10-14-30(20-32)38(29)36(24)25/h1-21H. The molecule has 0 saturated heterocycles. The Kier molecular flexibility index (Phi) is 4.05. The average molecular weight is 497 g/mol. The van der Waals surface area contributed by atoms with E-state index in [0.717, 1.165) is 27.5 Å². The minimum Gasteiger partial charge on any atom is -0.206 e. The highest BCUT2D eigenvalue weighted by atomic mass is 19.1. The highest BCUT2D eigenvalue weighted by Gasteiger charge is 2.14. The van der Waals surface area contributed by atoms with Crippen molar-refractivity contribution >= 4 is 64.6 Å². The number of halogens is 1. The zero-order valence-electron chi connectivity index (χ0n) is 21.0. The second-order valence-electron chi connectivity index (χ2n) is 10.7. The summed E-state index contributed by atoms with van der Waals surface area (Å²) in [5.41, 5.74) is 3.45. The van der Waals surface area contributed by atoms with Crippen LogP contribution in [0.5, 0.6) is 0 Å². The Labute approximate surface area is 224 Å². The summed E-state index contributed by atoms with van der Waals surface area (Å²) in [7, 11) is 0. The van der Waals surface area contributed by atoms with Gasteiger partial charge in [-0.3, -0.25) is 0 Å². The fourth-order valence-corrected chi connectivity index (χ4v) is 6.76. The van der Waals surface area contributed by atoms with Crippen molar-refractivity contribution in [2.45, 2.75) is 0 Å². The van der Waals surface area contributed by atoms with Crippen molar-refractivity contribution in [1.82, 2.24) is 0 Å². The first kappa shape index (κ1) is 21.0. The quantitative estimate of drug-likeness (QED) is 0.209. The molecule has 1 heteroatoms. The summed E-state index contributed by atoms with van der Waals surface area (Å²) in [5, 5.41) is 14.7. The van der Waals surface area contributed by atoms with Crippen LogP contribution >= 0.6 is 0 Å². The summed E-state index contributed by atoms with van der Waals surface area (Å²) < 4.78 is 15.8. The Hall–Kier alpha value is -5.01. The molecule has 0 aromatic heterocycles. The largest absolute Gasteiger partial charge is 0.206 e. The second kappa shape index (κ2) is 7.52. The molecule has 0 radical (unpaired) electrons. The summed E-state index contributed by atoms with van der Waals surface area (Å²) in [4.78, 5) is 0. The molecular formula is C38H21F. The van der Waals surface area contributed by atoms with Crippen LogP contribution in [0.25, 0.3) is 86.9 Å². The van der Waals surface area contributed by atoms with Gasteiger partial charge in [-0.1, -0.05) is 97.1 Å². The fourth-order valence-electron chi connectivity index (χ4n) is 6.76. The molecule has 0 N–H and O–H groups in total. The monoisotopic (exact) mass is 496 g/mol. The van der Waals surface area contributed by atoms with Crippen molar-refractivity contribution in [3.8, 4) is 22.3 Å². The van der Waals surface area contributed by atoms with Crippen LogP contribution in [0.15, 0.2) is 127 Å². The average Bonchev–Trinajstić information content (AvgIpc) is 2.98. The third-order valence-corrected chi connectivity index (χ3v) is 8.54. The lowest BCUT2D eigenvalue weighted by atomic mass is 9.90. The van der Waals surface area contributed by atoms with E-state index in [0.29, 0.717) is 5.56 Å². The first-order valence-corrected chi connectivity index (χ1v) is 13.4. The van der Waals surface area contributed by atoms with Crippen molar-refractivity contribution in [3.63, 3.8) is 0 Å². The van der Waals surface area contributed by atoms with Gasteiger partial charge in [-0.15, -0.1) is 0 Å². The van der Waals surface area contributed by atoms with Crippen LogP contribution in [0.2, 0.25) is 0 Å². The van der Waals surface area contributed by atoms with Gasteiger partial charge >= 0.3 is 0 Å². The molecule has 0 fully saturated rings. The lowest BCUT2D eigenvalue weighted by Gasteiger charge is -2.14. The Morgan fingerprint density at radius 2 is 0.692 bits per heavy atom. The summed E-state index contributed by atoms with van der Waals surface area (Å²) in [6, 6.07) is 44.5. The summed E-state index contributed by atoms with van der Waals surface area (Å²) in [6.45, 7) is 0. The van der Waals surface area contributed by atoms with Gasteiger partial charge in [0.2, 0.25) is 0 Å². The topological polar surface area (TPSA) is 0 Å². The van der Waals surface area contributed by atoms with Crippen LogP contribution in [-0.2, 0) is 0 Å². The van der Waals surface area contributed by atoms with Crippen LogP contribution in [0.4, 0.5) is 4.39 Å². The summed E-state index contributed by atoms with van der Waals surface area (Å²) in [6.07, 6.45) is 0. The molecule has 0 unspecified atom stereocenters. The number of rotatable bonds is 2. The molecule has 0 aliphatic carbocycles. The molecule has 39 heavy (non-hydrogen) atoms. The lowest BCUT2D eigenvalue weighted by molar-refractivity contribution is 0.632. The van der Waals surface area contributed by atoms with Crippen molar-refractivity contribution < 1.29 is 4.39 Å². The maximum Gasteiger partial charge on any atom is 0.131 e. The molecule has 0 atom stereocenters. The van der Waals surface area contributed by atoms with E-state index >= 15 is 4.39 Å². The summed E-state index contributed by atoms with van der Waals surface area (Å²) in [5.74, 6) is -0.203. The first-order chi connectivity index (χ1) is 19.2. The zero-order chi connectivity index (χ0) is 25.7. The van der Waals surface area contributed by atoms with E-state index in [1.54, 1.807) is 6.07 Å². The fraction of sp³-hybridized carbons (Fsp3) is 0. The minimum absolute atomic E-state index is 0.203. The van der Waals surface area contributed by atoms with Gasteiger partial charge in [0.15, 0.2) is 0 Å². The third-order valence-electron chi connectivity index (χ3n) is 8.54. The van der Waals surface area contributed by atoms with Crippen LogP contribution in [-0.4, -0.2) is 0 Å². The lowest BCUT2D eigenvalue weighted by Crippen LogP contribution is -1.90. The van der Waals surface area contributed by atoms with Crippen molar-refractivity contribution in [2.75, 3.05) is 0 Å². The number of hydrogen-bond acceptors (Lipinski definition) is 0. The van der Waals surface area contributed by atoms with E-state index in [-0.39, 0.29) is 5.82 Å². The molecule has 9 aromatic carbocycles. The molecule has 0 heterocycles. The maximum absolute atomic E-state index is 15.8. The van der Waals surface area contributed by atoms with E-state index in [9.17, 15) is 0 Å². The predicted octanol–water partition coefficient (Wildman–Crippen LogP) is 11.0. The Bertz CT molecular complexity index is 2270. The van der Waals surface area contributed by atoms with E-state index in [2.05, 4.69) is 115 Å². The van der Waals surface area contributed by atoms with E-state index in [4.69, 9.17) is 0 Å². The molecule has 0 amide bonds. The molecule has 9 rings (SSSR count). The number of hydrogen-bond donors (Lipinski definition) is 0. The third kappa shape index (κ3) is 2.93. The molecule has 0 aliphatic rings. The van der Waals surface area contributed by atoms with Gasteiger partial charge < -0.3 is 0 Å². The number of benzene rings is 9. The Morgan fingerprint density at radius 3 is 1.13 bits per heavy atom. The molecule has 0 spiro atoms. The van der Waals surface area contributed by atoms with Gasteiger partial charge in [0.05, 0.1) is 0 Å². The molecule has 0 nitrogen and oxygen atoms in total. The SMILES string of the molecule is Fc1cc(-c2cc3ccc4cccc5ccc(c2)c3c45)ccc1-c1cc2ccc3cccc4ccc(c1)c2c34. The van der Waals surface area contributed by atoms with Crippen LogP contribution in [0.3, 0.4) is 0 Å². The highest BCUT2D eigenvalue weighted by molar-refractivity contribution is 6.25.